The van der Waals surface area contributed by atoms with Gasteiger partial charge in [0.15, 0.2) is 0 Å². The average molecular weight is 689 g/mol. The van der Waals surface area contributed by atoms with Gasteiger partial charge in [0, 0.05) is 56.8 Å². The molecule has 4 saturated heterocycles. The molecule has 4 heterocycles. The van der Waals surface area contributed by atoms with Crippen LogP contribution in [0.3, 0.4) is 0 Å². The molecule has 1 spiro atoms. The van der Waals surface area contributed by atoms with Gasteiger partial charge >= 0.3 is 30.6 Å². The molecule has 0 bridgehead atoms. The van der Waals surface area contributed by atoms with Crippen molar-refractivity contribution >= 4 is 17.7 Å². The molecule has 4 fully saturated rings. The number of nitrogens with zero attached hydrogens (tertiary/aromatic N) is 3. The van der Waals surface area contributed by atoms with Crippen LogP contribution >= 0.6 is 0 Å². The van der Waals surface area contributed by atoms with E-state index < -0.39 is 41.8 Å². The number of ether oxygens (including phenoxy) is 2. The molecule has 4 aliphatic heterocycles. The normalized spacial score (nSPS) is 23.1. The maximum Gasteiger partial charge on any atom is 0.434 e. The van der Waals surface area contributed by atoms with Crippen molar-refractivity contribution in [3.05, 3.63) is 29.3 Å². The summed E-state index contributed by atoms with van der Waals surface area (Å²) in [7, 11) is 0. The Kier molecular flexibility index (Phi) is 10.2. The third-order valence-corrected chi connectivity index (χ3v) is 9.69. The van der Waals surface area contributed by atoms with Crippen LogP contribution in [0, 0.1) is 0 Å². The Bertz CT molecular complexity index is 1250. The zero-order valence-electron chi connectivity index (χ0n) is 25.4. The summed E-state index contributed by atoms with van der Waals surface area (Å²) in [5, 5.41) is 3.09. The van der Waals surface area contributed by atoms with Crippen molar-refractivity contribution in [2.45, 2.75) is 100 Å². The van der Waals surface area contributed by atoms with Crippen molar-refractivity contribution in [2.75, 3.05) is 44.2 Å². The Morgan fingerprint density at radius 1 is 0.872 bits per heavy atom. The molecule has 0 aliphatic carbocycles. The lowest BCUT2D eigenvalue weighted by Gasteiger charge is -2.45. The van der Waals surface area contributed by atoms with Gasteiger partial charge in [0.1, 0.15) is 12.1 Å². The maximum atomic E-state index is 13.8. The second-order valence-corrected chi connectivity index (χ2v) is 12.7. The number of hydrogen-bond donors (Lipinski definition) is 1. The Labute approximate surface area is 265 Å². The Morgan fingerprint density at radius 3 is 2.11 bits per heavy atom. The molecular weight excluding hydrogens is 651 g/mol. The molecule has 1 N–H and O–H groups in total. The fraction of sp³-hybridized carbons (Fsp3) is 0.733. The van der Waals surface area contributed by atoms with Crippen molar-refractivity contribution in [1.29, 1.82) is 0 Å². The minimum Gasteiger partial charge on any atom is -0.461 e. The van der Waals surface area contributed by atoms with E-state index in [0.29, 0.717) is 56.6 Å². The molecule has 0 radical (unpaired) electrons. The number of carbonyl (C=O) groups excluding carboxylic acids is 2. The highest BCUT2D eigenvalue weighted by Gasteiger charge is 2.60. The Hall–Kier alpha value is -2.95. The van der Waals surface area contributed by atoms with E-state index in [4.69, 9.17) is 4.74 Å². The monoisotopic (exact) mass is 688 g/mol. The molecule has 264 valence electrons. The number of carbonyl (C=O) groups is 2. The summed E-state index contributed by atoms with van der Waals surface area (Å²) in [6.45, 7) is 2.02. The third kappa shape index (κ3) is 8.20. The molecule has 5 rings (SSSR count). The highest BCUT2D eigenvalue weighted by molar-refractivity contribution is 5.76. The number of rotatable bonds is 6. The second kappa shape index (κ2) is 13.5. The molecule has 0 aromatic heterocycles. The van der Waals surface area contributed by atoms with Crippen LogP contribution < -0.4 is 10.2 Å². The minimum absolute atomic E-state index is 0.139. The van der Waals surface area contributed by atoms with Crippen molar-refractivity contribution < 1.29 is 58.6 Å². The van der Waals surface area contributed by atoms with Gasteiger partial charge in [-0.1, -0.05) is 6.07 Å². The van der Waals surface area contributed by atoms with Crippen LogP contribution in [0.4, 0.5) is 50.0 Å². The van der Waals surface area contributed by atoms with Gasteiger partial charge in [0.25, 0.3) is 6.10 Å². The summed E-state index contributed by atoms with van der Waals surface area (Å²) < 4.78 is 128. The number of halogens is 9. The molecule has 4 aliphatic rings. The van der Waals surface area contributed by atoms with Gasteiger partial charge in [-0.25, -0.2) is 4.79 Å². The van der Waals surface area contributed by atoms with E-state index in [1.54, 1.807) is 0 Å². The van der Waals surface area contributed by atoms with E-state index >= 15 is 0 Å². The Balaban J connectivity index is 1.25. The van der Waals surface area contributed by atoms with Crippen molar-refractivity contribution in [1.82, 2.24) is 15.1 Å². The molecule has 47 heavy (non-hydrogen) atoms. The molecule has 17 heteroatoms. The lowest BCUT2D eigenvalue weighted by molar-refractivity contribution is -0.308. The summed E-state index contributed by atoms with van der Waals surface area (Å²) in [6.07, 6.45) is -18.2. The van der Waals surface area contributed by atoms with Gasteiger partial charge in [-0.2, -0.15) is 39.5 Å². The molecule has 0 unspecified atom stereocenters. The lowest BCUT2D eigenvalue weighted by Crippen LogP contribution is -2.54. The molecule has 1 amide bonds. The minimum atomic E-state index is -5.82. The van der Waals surface area contributed by atoms with Crippen LogP contribution in [-0.2, 0) is 27.0 Å². The number of likely N-dealkylation sites (tertiary alicyclic amines) is 2. The van der Waals surface area contributed by atoms with Gasteiger partial charge in [0.05, 0.1) is 5.56 Å². The zero-order valence-corrected chi connectivity index (χ0v) is 25.4. The number of anilines is 1. The first-order valence-corrected chi connectivity index (χ1v) is 15.7. The summed E-state index contributed by atoms with van der Waals surface area (Å²) in [6, 6.07) is 3.22. The smallest absolute Gasteiger partial charge is 0.434 e. The molecule has 1 aromatic carbocycles. The summed E-state index contributed by atoms with van der Waals surface area (Å²) in [5.74, 6) is -0.320. The summed E-state index contributed by atoms with van der Waals surface area (Å²) in [5.41, 5.74) is -0.323. The highest BCUT2D eigenvalue weighted by atomic mass is 19.4. The van der Waals surface area contributed by atoms with Crippen molar-refractivity contribution in [3.63, 3.8) is 0 Å². The van der Waals surface area contributed by atoms with Crippen molar-refractivity contribution in [2.24, 2.45) is 0 Å². The number of alkyl halides is 9. The predicted molar refractivity (Wildman–Crippen MR) is 149 cm³/mol. The van der Waals surface area contributed by atoms with Gasteiger partial charge in [-0.05, 0) is 69.3 Å². The standard InChI is InChI=1S/C30H37F9N4O4/c31-28(32,33)20-5-4-19(23(17-20)41-13-6-21(7-14-41)46-24(44)22-3-1-11-40-22)18-43-12-2-8-27(43)9-15-42(16-10-27)26(45)47-25(29(34,35)36)30(37,38)39/h4-5,17,21-22,25,40H,1-3,6-16,18H2/t22-/m1/s1. The van der Waals surface area contributed by atoms with Crippen LogP contribution in [0.5, 0.6) is 0 Å². The lowest BCUT2D eigenvalue weighted by atomic mass is 9.84. The molecule has 1 atom stereocenters. The van der Waals surface area contributed by atoms with E-state index in [-0.39, 0.29) is 50.6 Å². The topological polar surface area (TPSA) is 74.4 Å². The fourth-order valence-corrected chi connectivity index (χ4v) is 7.13. The fourth-order valence-electron chi connectivity index (χ4n) is 7.13. The van der Waals surface area contributed by atoms with Gasteiger partial charge in [0.2, 0.25) is 0 Å². The van der Waals surface area contributed by atoms with E-state index in [1.807, 2.05) is 4.90 Å². The largest absolute Gasteiger partial charge is 0.461 e. The maximum absolute atomic E-state index is 13.8. The molecular formula is C30H37F9N4O4. The first kappa shape index (κ1) is 35.4. The number of esters is 1. The number of piperidine rings is 2. The van der Waals surface area contributed by atoms with E-state index in [2.05, 4.69) is 15.0 Å². The number of hydrogen-bond acceptors (Lipinski definition) is 7. The van der Waals surface area contributed by atoms with Gasteiger partial charge < -0.3 is 24.6 Å². The SMILES string of the molecule is O=C(OC1CCN(c2cc(C(F)(F)F)ccc2CN2CCCC23CCN(C(=O)OC(C(F)(F)F)C(F)(F)F)CC3)CC1)[C@H]1CCCN1. The first-order chi connectivity index (χ1) is 22.0. The van der Waals surface area contributed by atoms with Crippen molar-refractivity contribution in [3.8, 4) is 0 Å². The predicted octanol–water partition coefficient (Wildman–Crippen LogP) is 6.03. The summed E-state index contributed by atoms with van der Waals surface area (Å²) in [4.78, 5) is 29.5. The van der Waals surface area contributed by atoms with Crippen LogP contribution in [0.25, 0.3) is 0 Å². The number of nitrogens with one attached hydrogen (secondary N) is 1. The third-order valence-electron chi connectivity index (χ3n) is 9.69. The van der Waals surface area contributed by atoms with Gasteiger partial charge in [-0.3, -0.25) is 9.69 Å². The molecule has 1 aromatic rings. The van der Waals surface area contributed by atoms with E-state index in [0.717, 1.165) is 36.4 Å². The van der Waals surface area contributed by atoms with Crippen LogP contribution in [0.1, 0.15) is 62.5 Å². The van der Waals surface area contributed by atoms with E-state index in [9.17, 15) is 49.1 Å². The number of amides is 1. The summed E-state index contributed by atoms with van der Waals surface area (Å²) >= 11 is 0. The van der Waals surface area contributed by atoms with E-state index in [1.165, 1.54) is 6.07 Å². The van der Waals surface area contributed by atoms with Gasteiger partial charge in [-0.15, -0.1) is 0 Å². The van der Waals surface area contributed by atoms with Crippen LogP contribution in [0.2, 0.25) is 0 Å². The highest BCUT2D eigenvalue weighted by Crippen LogP contribution is 2.42. The zero-order chi connectivity index (χ0) is 34.2. The first-order valence-electron chi connectivity index (χ1n) is 15.7. The van der Waals surface area contributed by atoms with Crippen LogP contribution in [0.15, 0.2) is 18.2 Å². The second-order valence-electron chi connectivity index (χ2n) is 12.7. The number of benzene rings is 1. The average Bonchev–Trinajstić information content (AvgIpc) is 3.66. The quantitative estimate of drug-likeness (QED) is 0.289. The Morgan fingerprint density at radius 2 is 1.53 bits per heavy atom. The molecule has 0 saturated carbocycles. The van der Waals surface area contributed by atoms with Crippen LogP contribution in [-0.4, -0.2) is 97.3 Å². The molecule has 8 nitrogen and oxygen atoms in total.